The molecule has 1 aromatic heterocycles. The minimum absolute atomic E-state index is 0.171. The van der Waals surface area contributed by atoms with Crippen LogP contribution in [0.2, 0.25) is 0 Å². The van der Waals surface area contributed by atoms with Gasteiger partial charge in [0.2, 0.25) is 0 Å². The quantitative estimate of drug-likeness (QED) is 0.912. The van der Waals surface area contributed by atoms with Gasteiger partial charge in [-0.15, -0.1) is 11.3 Å². The Morgan fingerprint density at radius 2 is 2.11 bits per heavy atom. The molecule has 4 nitrogen and oxygen atoms in total. The zero-order valence-corrected chi connectivity index (χ0v) is 12.4. The first kappa shape index (κ1) is 14.0. The van der Waals surface area contributed by atoms with Gasteiger partial charge in [0.1, 0.15) is 21.8 Å². The molecule has 8 heteroatoms. The molecular formula is C11H6BrFN2O2S2. The van der Waals surface area contributed by atoms with E-state index in [4.69, 9.17) is 5.26 Å². The van der Waals surface area contributed by atoms with Crippen molar-refractivity contribution in [1.82, 2.24) is 0 Å². The molecule has 1 aromatic carbocycles. The summed E-state index contributed by atoms with van der Waals surface area (Å²) in [5, 5.41) is 10.6. The lowest BCUT2D eigenvalue weighted by molar-refractivity contribution is 0.570. The number of hydrogen-bond donors (Lipinski definition) is 1. The summed E-state index contributed by atoms with van der Waals surface area (Å²) in [6.07, 6.45) is 0. The van der Waals surface area contributed by atoms with Crippen LogP contribution in [0.5, 0.6) is 0 Å². The van der Waals surface area contributed by atoms with E-state index in [9.17, 15) is 12.8 Å². The minimum atomic E-state index is -4.05. The van der Waals surface area contributed by atoms with E-state index in [0.717, 1.165) is 23.5 Å². The van der Waals surface area contributed by atoms with Crippen molar-refractivity contribution in [2.45, 2.75) is 4.90 Å². The van der Waals surface area contributed by atoms with Crippen molar-refractivity contribution in [2.75, 3.05) is 4.72 Å². The van der Waals surface area contributed by atoms with E-state index in [-0.39, 0.29) is 10.6 Å². The van der Waals surface area contributed by atoms with E-state index in [1.165, 1.54) is 12.1 Å². The number of anilines is 1. The number of thiophene rings is 1. The van der Waals surface area contributed by atoms with E-state index in [1.54, 1.807) is 5.38 Å². The number of hydrogen-bond acceptors (Lipinski definition) is 4. The highest BCUT2D eigenvalue weighted by Gasteiger charge is 2.21. The maximum atomic E-state index is 13.6. The van der Waals surface area contributed by atoms with Crippen LogP contribution in [0, 0.1) is 17.1 Å². The molecule has 0 saturated heterocycles. The first-order chi connectivity index (χ1) is 8.94. The summed E-state index contributed by atoms with van der Waals surface area (Å²) in [6.45, 7) is 0. The molecule has 19 heavy (non-hydrogen) atoms. The van der Waals surface area contributed by atoms with Crippen LogP contribution in [0.4, 0.5) is 9.39 Å². The average molecular weight is 361 g/mol. The smallest absolute Gasteiger partial charge is 0.265 e. The topological polar surface area (TPSA) is 70.0 Å². The first-order valence-electron chi connectivity index (χ1n) is 4.89. The van der Waals surface area contributed by atoms with Gasteiger partial charge in [-0.2, -0.15) is 5.26 Å². The van der Waals surface area contributed by atoms with Gasteiger partial charge in [0, 0.05) is 4.47 Å². The summed E-state index contributed by atoms with van der Waals surface area (Å²) in [7, 11) is -4.05. The number of nitriles is 1. The molecule has 2 aromatic rings. The highest BCUT2D eigenvalue weighted by molar-refractivity contribution is 9.10. The molecule has 0 atom stereocenters. The van der Waals surface area contributed by atoms with Gasteiger partial charge >= 0.3 is 0 Å². The summed E-state index contributed by atoms with van der Waals surface area (Å²) in [5.74, 6) is -0.864. The molecule has 0 bridgehead atoms. The standard InChI is InChI=1S/C11H6BrFN2O2S2/c12-8-1-2-10(9(13)5-8)19(16,17)15-11-7(6-14)3-4-18-11/h1-5,15H. The molecule has 0 spiro atoms. The SMILES string of the molecule is N#Cc1ccsc1NS(=O)(=O)c1ccc(Br)cc1F. The van der Waals surface area contributed by atoms with Gasteiger partial charge < -0.3 is 0 Å². The molecule has 98 valence electrons. The fourth-order valence-electron chi connectivity index (χ4n) is 1.35. The predicted octanol–water partition coefficient (Wildman–Crippen LogP) is 3.32. The molecule has 1 N–H and O–H groups in total. The van der Waals surface area contributed by atoms with Gasteiger partial charge in [0.05, 0.1) is 5.56 Å². The summed E-state index contributed by atoms with van der Waals surface area (Å²) in [4.78, 5) is -0.465. The van der Waals surface area contributed by atoms with Crippen LogP contribution in [0.15, 0.2) is 39.0 Å². The summed E-state index contributed by atoms with van der Waals surface area (Å²) in [5.41, 5.74) is 0.200. The molecule has 0 radical (unpaired) electrons. The fourth-order valence-corrected chi connectivity index (χ4v) is 3.81. The number of nitrogens with zero attached hydrogens (tertiary/aromatic N) is 1. The maximum absolute atomic E-state index is 13.6. The number of sulfonamides is 1. The van der Waals surface area contributed by atoms with Crippen LogP contribution in [0.25, 0.3) is 0 Å². The lowest BCUT2D eigenvalue weighted by atomic mass is 10.3. The van der Waals surface area contributed by atoms with E-state index >= 15 is 0 Å². The molecule has 1 heterocycles. The van der Waals surface area contributed by atoms with Crippen LogP contribution in [0.1, 0.15) is 5.56 Å². The summed E-state index contributed by atoms with van der Waals surface area (Å²) in [6, 6.07) is 6.99. The van der Waals surface area contributed by atoms with Crippen LogP contribution in [-0.2, 0) is 10.0 Å². The Kier molecular flexibility index (Phi) is 3.89. The lowest BCUT2D eigenvalue weighted by Gasteiger charge is -2.07. The number of rotatable bonds is 3. The molecule has 0 aliphatic carbocycles. The fraction of sp³-hybridized carbons (Fsp3) is 0. The molecule has 0 fully saturated rings. The number of nitrogens with one attached hydrogen (secondary N) is 1. The third kappa shape index (κ3) is 2.94. The van der Waals surface area contributed by atoms with Crippen molar-refractivity contribution in [2.24, 2.45) is 0 Å². The Labute approximate surface area is 121 Å². The van der Waals surface area contributed by atoms with Gasteiger partial charge in [0.15, 0.2) is 0 Å². The Balaban J connectivity index is 2.41. The van der Waals surface area contributed by atoms with E-state index in [2.05, 4.69) is 20.7 Å². The zero-order chi connectivity index (χ0) is 14.0. The van der Waals surface area contributed by atoms with Crippen molar-refractivity contribution in [3.63, 3.8) is 0 Å². The Morgan fingerprint density at radius 3 is 2.74 bits per heavy atom. The second kappa shape index (κ2) is 5.28. The third-order valence-electron chi connectivity index (χ3n) is 2.20. The number of halogens is 2. The normalized spacial score (nSPS) is 11.0. The first-order valence-corrected chi connectivity index (χ1v) is 8.05. The van der Waals surface area contributed by atoms with Crippen molar-refractivity contribution >= 4 is 42.3 Å². The van der Waals surface area contributed by atoms with Crippen LogP contribution in [-0.4, -0.2) is 8.42 Å². The lowest BCUT2D eigenvalue weighted by Crippen LogP contribution is -2.14. The summed E-state index contributed by atoms with van der Waals surface area (Å²) < 4.78 is 40.4. The molecule has 2 rings (SSSR count). The van der Waals surface area contributed by atoms with E-state index in [1.807, 2.05) is 6.07 Å². The predicted molar refractivity (Wildman–Crippen MR) is 73.9 cm³/mol. The Hall–Kier alpha value is -1.43. The average Bonchev–Trinajstić information content (AvgIpc) is 2.74. The molecule has 0 saturated carbocycles. The van der Waals surface area contributed by atoms with Crippen LogP contribution >= 0.6 is 27.3 Å². The molecule has 0 unspecified atom stereocenters. The van der Waals surface area contributed by atoms with Crippen molar-refractivity contribution in [3.8, 4) is 6.07 Å². The van der Waals surface area contributed by atoms with Gasteiger partial charge in [-0.05, 0) is 29.6 Å². The molecule has 0 amide bonds. The highest BCUT2D eigenvalue weighted by Crippen LogP contribution is 2.27. The Bertz CT molecular complexity index is 765. The third-order valence-corrected chi connectivity index (χ3v) is 5.03. The largest absolute Gasteiger partial charge is 0.269 e. The molecular weight excluding hydrogens is 355 g/mol. The Morgan fingerprint density at radius 1 is 1.37 bits per heavy atom. The van der Waals surface area contributed by atoms with Gasteiger partial charge in [-0.1, -0.05) is 15.9 Å². The van der Waals surface area contributed by atoms with Gasteiger partial charge in [0.25, 0.3) is 10.0 Å². The molecule has 0 aliphatic heterocycles. The maximum Gasteiger partial charge on any atom is 0.265 e. The van der Waals surface area contributed by atoms with Crippen molar-refractivity contribution in [3.05, 3.63) is 45.5 Å². The van der Waals surface area contributed by atoms with Crippen LogP contribution < -0.4 is 4.72 Å². The second-order valence-electron chi connectivity index (χ2n) is 3.46. The van der Waals surface area contributed by atoms with Crippen molar-refractivity contribution < 1.29 is 12.8 Å². The van der Waals surface area contributed by atoms with E-state index < -0.39 is 20.7 Å². The van der Waals surface area contributed by atoms with E-state index in [0.29, 0.717) is 4.47 Å². The monoisotopic (exact) mass is 360 g/mol. The van der Waals surface area contributed by atoms with Gasteiger partial charge in [-0.25, -0.2) is 12.8 Å². The van der Waals surface area contributed by atoms with Crippen LogP contribution in [0.3, 0.4) is 0 Å². The molecule has 0 aliphatic rings. The minimum Gasteiger partial charge on any atom is -0.269 e. The van der Waals surface area contributed by atoms with Gasteiger partial charge in [-0.3, -0.25) is 4.72 Å². The summed E-state index contributed by atoms with van der Waals surface area (Å²) >= 11 is 4.11. The number of benzene rings is 1. The second-order valence-corrected chi connectivity index (χ2v) is 6.94. The van der Waals surface area contributed by atoms with Crippen molar-refractivity contribution in [1.29, 1.82) is 5.26 Å². The zero-order valence-electron chi connectivity index (χ0n) is 9.22. The highest BCUT2D eigenvalue weighted by atomic mass is 79.9.